The summed E-state index contributed by atoms with van der Waals surface area (Å²) in [5.74, 6) is 0.162. The quantitative estimate of drug-likeness (QED) is 0.661. The second-order valence-corrected chi connectivity index (χ2v) is 10.4. The number of hydrogen-bond acceptors (Lipinski definition) is 5. The van der Waals surface area contributed by atoms with E-state index in [9.17, 15) is 4.79 Å². The number of likely N-dealkylation sites (N-methyl/N-ethyl adjacent to an activating group) is 1. The Hall–Kier alpha value is -2.25. The highest BCUT2D eigenvalue weighted by atomic mass is 16.5. The fourth-order valence-electron chi connectivity index (χ4n) is 5.68. The monoisotopic (exact) mass is 476 g/mol. The molecule has 3 heterocycles. The van der Waals surface area contributed by atoms with Crippen LogP contribution in [0.15, 0.2) is 48.5 Å². The third kappa shape index (κ3) is 6.31. The van der Waals surface area contributed by atoms with Crippen molar-refractivity contribution < 1.29 is 9.53 Å². The van der Waals surface area contributed by atoms with Gasteiger partial charge in [-0.2, -0.15) is 0 Å². The first-order valence-corrected chi connectivity index (χ1v) is 13.4. The first kappa shape index (κ1) is 24.4. The lowest BCUT2D eigenvalue weighted by molar-refractivity contribution is 0.00159. The van der Waals surface area contributed by atoms with Gasteiger partial charge in [-0.1, -0.05) is 36.4 Å². The molecule has 5 rings (SSSR count). The molecule has 0 aliphatic carbocycles. The van der Waals surface area contributed by atoms with Crippen LogP contribution >= 0.6 is 0 Å². The second kappa shape index (κ2) is 11.7. The molecular formula is C29H40N4O2. The normalized spacial score (nSPS) is 21.7. The zero-order chi connectivity index (χ0) is 24.0. The largest absolute Gasteiger partial charge is 0.379 e. The highest BCUT2D eigenvalue weighted by molar-refractivity contribution is 5.94. The number of benzene rings is 2. The molecule has 3 aliphatic rings. The third-order valence-electron chi connectivity index (χ3n) is 7.95. The van der Waals surface area contributed by atoms with Crippen molar-refractivity contribution in [1.29, 1.82) is 0 Å². The first-order chi connectivity index (χ1) is 17.2. The van der Waals surface area contributed by atoms with Crippen molar-refractivity contribution in [2.24, 2.45) is 0 Å². The first-order valence-electron chi connectivity index (χ1n) is 13.4. The molecule has 3 fully saturated rings. The molecule has 188 valence electrons. The highest BCUT2D eigenvalue weighted by Gasteiger charge is 2.28. The van der Waals surface area contributed by atoms with Gasteiger partial charge in [0, 0.05) is 57.4 Å². The van der Waals surface area contributed by atoms with Crippen molar-refractivity contribution in [3.8, 4) is 11.1 Å². The van der Waals surface area contributed by atoms with Crippen LogP contribution in [-0.4, -0.2) is 104 Å². The van der Waals surface area contributed by atoms with Gasteiger partial charge in [-0.05, 0) is 68.2 Å². The Morgan fingerprint density at radius 2 is 1.46 bits per heavy atom. The van der Waals surface area contributed by atoms with Gasteiger partial charge in [0.1, 0.15) is 0 Å². The lowest BCUT2D eigenvalue weighted by atomic mass is 10.00. The summed E-state index contributed by atoms with van der Waals surface area (Å²) in [6, 6.07) is 17.7. The van der Waals surface area contributed by atoms with E-state index < -0.39 is 0 Å². The molecule has 3 saturated heterocycles. The third-order valence-corrected chi connectivity index (χ3v) is 7.95. The SMILES string of the molecule is CN1CCCN(Cc2ccc(-c3ccc(C(=O)N4CCC(N5CCOCC5)CC4)cc3)cc2)CC1. The number of hydrogen-bond donors (Lipinski definition) is 0. The molecule has 1 amide bonds. The van der Waals surface area contributed by atoms with Crippen molar-refractivity contribution in [3.63, 3.8) is 0 Å². The smallest absolute Gasteiger partial charge is 0.253 e. The van der Waals surface area contributed by atoms with Crippen LogP contribution in [0.2, 0.25) is 0 Å². The molecule has 6 heteroatoms. The van der Waals surface area contributed by atoms with Gasteiger partial charge >= 0.3 is 0 Å². The highest BCUT2D eigenvalue weighted by Crippen LogP contribution is 2.23. The van der Waals surface area contributed by atoms with Crippen LogP contribution in [0.4, 0.5) is 0 Å². The zero-order valence-electron chi connectivity index (χ0n) is 21.2. The molecule has 3 aliphatic heterocycles. The summed E-state index contributed by atoms with van der Waals surface area (Å²) in [4.78, 5) is 22.6. The zero-order valence-corrected chi connectivity index (χ0v) is 21.2. The van der Waals surface area contributed by atoms with Gasteiger partial charge in [-0.3, -0.25) is 14.6 Å². The summed E-state index contributed by atoms with van der Waals surface area (Å²) >= 11 is 0. The molecule has 0 unspecified atom stereocenters. The topological polar surface area (TPSA) is 39.3 Å². The number of rotatable bonds is 5. The Kier molecular flexibility index (Phi) is 8.14. The molecule has 0 N–H and O–H groups in total. The van der Waals surface area contributed by atoms with Gasteiger partial charge in [0.15, 0.2) is 0 Å². The number of likely N-dealkylation sites (tertiary alicyclic amines) is 1. The van der Waals surface area contributed by atoms with E-state index in [-0.39, 0.29) is 5.91 Å². The summed E-state index contributed by atoms with van der Waals surface area (Å²) in [5, 5.41) is 0. The van der Waals surface area contributed by atoms with Gasteiger partial charge in [-0.25, -0.2) is 0 Å². The number of ether oxygens (including phenoxy) is 1. The molecule has 2 aromatic carbocycles. The Bertz CT molecular complexity index is 948. The van der Waals surface area contributed by atoms with Crippen molar-refractivity contribution in [2.75, 3.05) is 72.6 Å². The minimum atomic E-state index is 0.162. The maximum Gasteiger partial charge on any atom is 0.253 e. The van der Waals surface area contributed by atoms with Crippen LogP contribution in [0.5, 0.6) is 0 Å². The van der Waals surface area contributed by atoms with Gasteiger partial charge in [0.25, 0.3) is 5.91 Å². The molecule has 6 nitrogen and oxygen atoms in total. The lowest BCUT2D eigenvalue weighted by Crippen LogP contribution is -2.50. The molecule has 0 spiro atoms. The van der Waals surface area contributed by atoms with Crippen molar-refractivity contribution in [3.05, 3.63) is 59.7 Å². The second-order valence-electron chi connectivity index (χ2n) is 10.4. The van der Waals surface area contributed by atoms with Crippen LogP contribution in [0.25, 0.3) is 11.1 Å². The summed E-state index contributed by atoms with van der Waals surface area (Å²) in [6.07, 6.45) is 3.36. The van der Waals surface area contributed by atoms with Gasteiger partial charge in [0.05, 0.1) is 13.2 Å². The predicted molar refractivity (Wildman–Crippen MR) is 141 cm³/mol. The van der Waals surface area contributed by atoms with Crippen LogP contribution < -0.4 is 0 Å². The van der Waals surface area contributed by atoms with Gasteiger partial charge in [0.2, 0.25) is 0 Å². The van der Waals surface area contributed by atoms with Crippen LogP contribution in [0, 0.1) is 0 Å². The predicted octanol–water partition coefficient (Wildman–Crippen LogP) is 3.43. The van der Waals surface area contributed by atoms with Crippen LogP contribution in [0.3, 0.4) is 0 Å². The minimum Gasteiger partial charge on any atom is -0.379 e. The van der Waals surface area contributed by atoms with Crippen molar-refractivity contribution in [1.82, 2.24) is 19.6 Å². The molecule has 2 aromatic rings. The number of piperidine rings is 1. The molecule has 0 radical (unpaired) electrons. The average molecular weight is 477 g/mol. The molecular weight excluding hydrogens is 436 g/mol. The Morgan fingerprint density at radius 1 is 0.800 bits per heavy atom. The van der Waals surface area contributed by atoms with Gasteiger partial charge < -0.3 is 14.5 Å². The molecule has 0 bridgehead atoms. The minimum absolute atomic E-state index is 0.162. The van der Waals surface area contributed by atoms with Crippen molar-refractivity contribution in [2.45, 2.75) is 31.8 Å². The summed E-state index contributed by atoms with van der Waals surface area (Å²) in [6.45, 7) is 11.1. The molecule has 0 atom stereocenters. The van der Waals surface area contributed by atoms with Crippen LogP contribution in [0.1, 0.15) is 35.2 Å². The van der Waals surface area contributed by atoms with Gasteiger partial charge in [-0.15, -0.1) is 0 Å². The average Bonchev–Trinajstić information content (AvgIpc) is 3.13. The van der Waals surface area contributed by atoms with E-state index in [0.29, 0.717) is 6.04 Å². The Labute approximate surface area is 210 Å². The Balaban J connectivity index is 1.14. The van der Waals surface area contributed by atoms with E-state index >= 15 is 0 Å². The van der Waals surface area contributed by atoms with E-state index in [0.717, 1.165) is 83.0 Å². The summed E-state index contributed by atoms with van der Waals surface area (Å²) in [5.41, 5.74) is 4.53. The maximum atomic E-state index is 13.1. The number of morpholine rings is 1. The number of amides is 1. The molecule has 35 heavy (non-hydrogen) atoms. The summed E-state index contributed by atoms with van der Waals surface area (Å²) < 4.78 is 5.48. The fraction of sp³-hybridized carbons (Fsp3) is 0.552. The molecule has 0 aromatic heterocycles. The number of nitrogens with zero attached hydrogens (tertiary/aromatic N) is 4. The standard InChI is InChI=1S/C29H40N4O2/c1-30-13-2-14-31(18-17-30)23-24-3-5-25(6-4-24)26-7-9-27(10-8-26)29(34)33-15-11-28(12-16-33)32-19-21-35-22-20-32/h3-10,28H,2,11-23H2,1H3. The number of carbonyl (C=O) groups is 1. The van der Waals surface area contributed by atoms with E-state index in [4.69, 9.17) is 4.74 Å². The number of carbonyl (C=O) groups excluding carboxylic acids is 1. The maximum absolute atomic E-state index is 13.1. The lowest BCUT2D eigenvalue weighted by Gasteiger charge is -2.40. The summed E-state index contributed by atoms with van der Waals surface area (Å²) in [7, 11) is 2.21. The van der Waals surface area contributed by atoms with E-state index in [1.807, 2.05) is 17.0 Å². The van der Waals surface area contributed by atoms with E-state index in [1.165, 1.54) is 30.6 Å². The molecule has 0 saturated carbocycles. The van der Waals surface area contributed by atoms with Crippen LogP contribution in [-0.2, 0) is 11.3 Å². The van der Waals surface area contributed by atoms with E-state index in [2.05, 4.69) is 58.1 Å². The van der Waals surface area contributed by atoms with E-state index in [1.54, 1.807) is 0 Å². The van der Waals surface area contributed by atoms with Crippen molar-refractivity contribution >= 4 is 5.91 Å². The Morgan fingerprint density at radius 3 is 2.14 bits per heavy atom. The fourth-order valence-corrected chi connectivity index (χ4v) is 5.68.